The van der Waals surface area contributed by atoms with Gasteiger partial charge in [0.25, 0.3) is 0 Å². The van der Waals surface area contributed by atoms with Crippen LogP contribution >= 0.6 is 0 Å². The Labute approximate surface area is 220 Å². The van der Waals surface area contributed by atoms with Gasteiger partial charge in [-0.15, -0.1) is 0 Å². The van der Waals surface area contributed by atoms with Crippen LogP contribution in [0.25, 0.3) is 0 Å². The molecule has 7 heteroatoms. The van der Waals surface area contributed by atoms with Crippen molar-refractivity contribution in [1.82, 2.24) is 5.32 Å². The van der Waals surface area contributed by atoms with Crippen LogP contribution in [0, 0.1) is 0 Å². The normalized spacial score (nSPS) is 12.5. The summed E-state index contributed by atoms with van der Waals surface area (Å²) >= 11 is 0. The zero-order valence-electron chi connectivity index (χ0n) is 20.8. The van der Waals surface area contributed by atoms with Crippen LogP contribution in [0.3, 0.4) is 0 Å². The quantitative estimate of drug-likeness (QED) is 0.135. The molecule has 0 fully saturated rings. The second-order valence-corrected chi connectivity index (χ2v) is 8.73. The van der Waals surface area contributed by atoms with Crippen molar-refractivity contribution in [2.45, 2.75) is 19.6 Å². The summed E-state index contributed by atoms with van der Waals surface area (Å²) in [5.74, 6) is -0.750. The second-order valence-electron chi connectivity index (χ2n) is 8.73. The smallest absolute Gasteiger partial charge is 0.384 e. The number of benzene rings is 4. The Bertz CT molecular complexity index is 1370. The van der Waals surface area contributed by atoms with Crippen molar-refractivity contribution in [2.24, 2.45) is 4.90 Å². The van der Waals surface area contributed by atoms with E-state index in [-0.39, 0.29) is 17.8 Å². The molecule has 0 radical (unpaired) electrons. The lowest BCUT2D eigenvalue weighted by atomic mass is 9.51. The Kier molecular flexibility index (Phi) is 8.59. The molecule has 4 aromatic rings. The van der Waals surface area contributed by atoms with Crippen LogP contribution in [0.5, 0.6) is 0 Å². The molecule has 0 aliphatic rings. The van der Waals surface area contributed by atoms with Crippen LogP contribution in [-0.4, -0.2) is 24.5 Å². The van der Waals surface area contributed by atoms with Gasteiger partial charge in [0, 0.05) is 17.8 Å². The molecular formula is C31H26BF3N2O. The summed E-state index contributed by atoms with van der Waals surface area (Å²) in [6.45, 7) is 0.777. The number of hydrogen-bond acceptors (Lipinski definition) is 3. The molecule has 0 heterocycles. The van der Waals surface area contributed by atoms with Crippen LogP contribution in [-0.2, 0) is 6.54 Å². The first-order valence-electron chi connectivity index (χ1n) is 12.2. The van der Waals surface area contributed by atoms with Crippen molar-refractivity contribution in [3.05, 3.63) is 144 Å². The molecule has 4 aromatic carbocycles. The summed E-state index contributed by atoms with van der Waals surface area (Å²) in [5.41, 5.74) is 0.563. The van der Waals surface area contributed by atoms with Gasteiger partial charge in [0.05, 0.1) is 5.57 Å². The number of nitrogens with zero attached hydrogens (tertiary/aromatic N) is 1. The van der Waals surface area contributed by atoms with Crippen LogP contribution in [0.4, 0.5) is 13.2 Å². The van der Waals surface area contributed by atoms with Gasteiger partial charge in [0.2, 0.25) is 0 Å². The van der Waals surface area contributed by atoms with Crippen molar-refractivity contribution in [3.8, 4) is 0 Å². The van der Waals surface area contributed by atoms with Crippen LogP contribution in [0.1, 0.15) is 22.8 Å². The van der Waals surface area contributed by atoms with Crippen LogP contribution in [0.2, 0.25) is 0 Å². The molecule has 0 aliphatic heterocycles. The number of carbonyl (C=O) groups is 1. The molecular weight excluding hydrogens is 484 g/mol. The lowest BCUT2D eigenvalue weighted by Gasteiger charge is -2.20. The molecule has 0 saturated carbocycles. The number of alkyl halides is 3. The van der Waals surface area contributed by atoms with E-state index in [2.05, 4.69) is 10.2 Å². The number of carbonyl (C=O) groups excluding carboxylic acids is 1. The van der Waals surface area contributed by atoms with Gasteiger partial charge < -0.3 is 10.2 Å². The topological polar surface area (TPSA) is 41.5 Å². The van der Waals surface area contributed by atoms with Crippen molar-refractivity contribution < 1.29 is 18.0 Å². The highest BCUT2D eigenvalue weighted by Gasteiger charge is 2.42. The van der Waals surface area contributed by atoms with E-state index in [1.54, 1.807) is 78.9 Å². The Morgan fingerprint density at radius 3 is 1.66 bits per heavy atom. The maximum absolute atomic E-state index is 14.8. The average molecular weight is 510 g/mol. The molecule has 0 amide bonds. The van der Waals surface area contributed by atoms with E-state index in [1.807, 2.05) is 30.3 Å². The summed E-state index contributed by atoms with van der Waals surface area (Å²) < 4.78 is 44.4. The lowest BCUT2D eigenvalue weighted by Crippen LogP contribution is -2.44. The van der Waals surface area contributed by atoms with Crippen LogP contribution < -0.4 is 16.2 Å². The predicted molar refractivity (Wildman–Crippen MR) is 148 cm³/mol. The molecule has 3 nitrogen and oxygen atoms in total. The number of halogens is 3. The first kappa shape index (κ1) is 26.7. The van der Waals surface area contributed by atoms with E-state index in [0.717, 1.165) is 5.56 Å². The minimum absolute atomic E-state index is 0.0960. The molecule has 4 rings (SSSR count). The highest BCUT2D eigenvalue weighted by molar-refractivity contribution is 6.84. The van der Waals surface area contributed by atoms with Gasteiger partial charge in [0.1, 0.15) is 5.71 Å². The number of ketones is 1. The Morgan fingerprint density at radius 2 is 1.18 bits per heavy atom. The third-order valence-electron chi connectivity index (χ3n) is 6.03. The highest BCUT2D eigenvalue weighted by atomic mass is 19.4. The first-order valence-corrected chi connectivity index (χ1v) is 12.2. The largest absolute Gasteiger partial charge is 0.432 e. The zero-order chi connectivity index (χ0) is 27.0. The Balaban J connectivity index is 1.89. The molecule has 38 heavy (non-hydrogen) atoms. The zero-order valence-corrected chi connectivity index (χ0v) is 20.8. The predicted octanol–water partition coefficient (Wildman–Crippen LogP) is 5.74. The fourth-order valence-electron chi connectivity index (χ4n) is 4.13. The third-order valence-corrected chi connectivity index (χ3v) is 6.03. The van der Waals surface area contributed by atoms with Crippen molar-refractivity contribution in [1.29, 1.82) is 0 Å². The van der Waals surface area contributed by atoms with E-state index in [9.17, 15) is 18.0 Å². The van der Waals surface area contributed by atoms with Gasteiger partial charge in [0.15, 0.2) is 5.78 Å². The molecule has 0 unspecified atom stereocenters. The molecule has 0 atom stereocenters. The molecule has 0 aromatic heterocycles. The fourth-order valence-corrected chi connectivity index (χ4v) is 4.13. The molecule has 0 spiro atoms. The fraction of sp³-hybridized carbons (Fsp3) is 0.0968. The maximum atomic E-state index is 14.8. The van der Waals surface area contributed by atoms with Crippen molar-refractivity contribution in [2.75, 3.05) is 0 Å². The Hall–Kier alpha value is -4.39. The number of allylic oxidation sites excluding steroid dienone is 2. The summed E-state index contributed by atoms with van der Waals surface area (Å²) in [4.78, 5) is 17.9. The third kappa shape index (κ3) is 6.68. The summed E-state index contributed by atoms with van der Waals surface area (Å²) in [5, 5.41) is 3.03. The first-order chi connectivity index (χ1) is 18.3. The van der Waals surface area contributed by atoms with E-state index in [1.165, 1.54) is 19.1 Å². The van der Waals surface area contributed by atoms with E-state index in [4.69, 9.17) is 0 Å². The van der Waals surface area contributed by atoms with E-state index in [0.29, 0.717) is 10.9 Å². The Morgan fingerprint density at radius 1 is 0.737 bits per heavy atom. The van der Waals surface area contributed by atoms with Gasteiger partial charge in [-0.05, 0) is 23.4 Å². The summed E-state index contributed by atoms with van der Waals surface area (Å²) in [7, 11) is 0. The monoisotopic (exact) mass is 510 g/mol. The van der Waals surface area contributed by atoms with Gasteiger partial charge in [-0.25, -0.2) is 0 Å². The van der Waals surface area contributed by atoms with Gasteiger partial charge >= 0.3 is 13.0 Å². The molecule has 190 valence electrons. The van der Waals surface area contributed by atoms with Crippen molar-refractivity contribution in [3.63, 3.8) is 0 Å². The average Bonchev–Trinajstić information content (AvgIpc) is 2.95. The minimum atomic E-state index is -4.89. The van der Waals surface area contributed by atoms with E-state index >= 15 is 0 Å². The van der Waals surface area contributed by atoms with Crippen LogP contribution in [0.15, 0.2) is 138 Å². The van der Waals surface area contributed by atoms with Gasteiger partial charge in [-0.1, -0.05) is 121 Å². The number of nitrogens with one attached hydrogen (secondary N) is 1. The SMILES string of the molecule is C/C(NCc1ccccc1)=C(C(=O)c1ccccc1)\C(=N\B(c1ccccc1)c1ccccc1)C(F)(F)F. The van der Waals surface area contributed by atoms with Gasteiger partial charge in [-0.2, -0.15) is 13.2 Å². The van der Waals surface area contributed by atoms with Crippen molar-refractivity contribution >= 4 is 29.3 Å². The highest BCUT2D eigenvalue weighted by Crippen LogP contribution is 2.27. The van der Waals surface area contributed by atoms with E-state index < -0.39 is 30.1 Å². The number of hydrogen-bond donors (Lipinski definition) is 1. The molecule has 0 saturated heterocycles. The number of rotatable bonds is 9. The number of Topliss-reactive ketones (excluding diaryl/α,β-unsaturated/α-hetero) is 1. The summed E-state index contributed by atoms with van der Waals surface area (Å²) in [6.07, 6.45) is -4.89. The molecule has 1 N–H and O–H groups in total. The molecule has 0 aliphatic carbocycles. The summed E-state index contributed by atoms with van der Waals surface area (Å²) in [6, 6.07) is 34.8. The lowest BCUT2D eigenvalue weighted by molar-refractivity contribution is -0.0581. The maximum Gasteiger partial charge on any atom is 0.432 e. The minimum Gasteiger partial charge on any atom is -0.384 e. The molecule has 0 bridgehead atoms. The second kappa shape index (κ2) is 12.2. The van der Waals surface area contributed by atoms with Gasteiger partial charge in [-0.3, -0.25) is 4.79 Å². The standard InChI is InChI=1S/C31H26BF3N2O/c1-23(36-22-24-14-6-2-7-15-24)28(29(38)25-16-8-3-9-17-25)30(31(33,34)35)37-32(26-18-10-4-11-19-26)27-20-12-5-13-21-27/h2-21,36H,22H2,1H3/b28-23+,37-30-.